The van der Waals surface area contributed by atoms with Crippen LogP contribution < -0.4 is 0 Å². The van der Waals surface area contributed by atoms with Crippen LogP contribution in [0.25, 0.3) is 22.0 Å². The van der Waals surface area contributed by atoms with E-state index in [0.29, 0.717) is 0 Å². The van der Waals surface area contributed by atoms with Gasteiger partial charge in [0.25, 0.3) is 0 Å². The topological polar surface area (TPSA) is 15.8 Å². The molecule has 0 radical (unpaired) electrons. The Morgan fingerprint density at radius 3 is 1.71 bits per heavy atom. The van der Waals surface area contributed by atoms with Crippen LogP contribution in [0.15, 0.2) is 140 Å². The van der Waals surface area contributed by atoms with Crippen LogP contribution in [0.4, 0.5) is 0 Å². The zero-order chi connectivity index (χ0) is 23.7. The molecule has 1 N–H and O–H groups in total. The summed E-state index contributed by atoms with van der Waals surface area (Å²) in [6.45, 7) is 0. The lowest BCUT2D eigenvalue weighted by Gasteiger charge is -2.36. The molecule has 0 aliphatic rings. The van der Waals surface area contributed by atoms with E-state index in [1.165, 1.54) is 27.6 Å². The Kier molecular flexibility index (Phi) is 5.48. The number of aromatic nitrogens is 1. The highest BCUT2D eigenvalue weighted by Gasteiger charge is 2.40. The van der Waals surface area contributed by atoms with E-state index < -0.39 is 5.41 Å². The van der Waals surface area contributed by atoms with Gasteiger partial charge in [-0.15, -0.1) is 0 Å². The van der Waals surface area contributed by atoms with E-state index >= 15 is 0 Å². The smallest absolute Gasteiger partial charge is 0.0722 e. The predicted molar refractivity (Wildman–Crippen MR) is 147 cm³/mol. The van der Waals surface area contributed by atoms with E-state index in [4.69, 9.17) is 11.6 Å². The Labute approximate surface area is 210 Å². The number of halogens is 1. The van der Waals surface area contributed by atoms with Gasteiger partial charge in [-0.05, 0) is 39.9 Å². The van der Waals surface area contributed by atoms with E-state index in [0.717, 1.165) is 21.7 Å². The average Bonchev–Trinajstić information content (AvgIpc) is 3.36. The normalized spacial score (nSPS) is 11.6. The van der Waals surface area contributed by atoms with Crippen molar-refractivity contribution < 1.29 is 0 Å². The summed E-state index contributed by atoms with van der Waals surface area (Å²) in [5, 5.41) is 1.98. The predicted octanol–water partition coefficient (Wildman–Crippen LogP) is 8.87. The highest BCUT2D eigenvalue weighted by Crippen LogP contribution is 2.47. The van der Waals surface area contributed by atoms with Crippen molar-refractivity contribution in [3.63, 3.8) is 0 Å². The largest absolute Gasteiger partial charge is 0.361 e. The van der Waals surface area contributed by atoms with Crippen molar-refractivity contribution >= 4 is 22.5 Å². The number of H-pyrrole nitrogens is 1. The summed E-state index contributed by atoms with van der Waals surface area (Å²) in [4.78, 5) is 3.53. The van der Waals surface area contributed by atoms with Crippen molar-refractivity contribution in [3.05, 3.63) is 167 Å². The molecule has 5 aromatic carbocycles. The maximum atomic E-state index is 6.52. The monoisotopic (exact) mass is 469 g/mol. The second-order valence-electron chi connectivity index (χ2n) is 8.79. The first-order valence-corrected chi connectivity index (χ1v) is 12.2. The number of aromatic amines is 1. The second-order valence-corrected chi connectivity index (χ2v) is 9.19. The third kappa shape index (κ3) is 3.56. The Morgan fingerprint density at radius 1 is 0.514 bits per heavy atom. The molecular formula is C33H24ClN. The summed E-state index contributed by atoms with van der Waals surface area (Å²) < 4.78 is 0. The molecule has 1 aromatic heterocycles. The van der Waals surface area contributed by atoms with Crippen LogP contribution >= 0.6 is 11.6 Å². The number of para-hydroxylation sites is 1. The first kappa shape index (κ1) is 21.5. The molecule has 0 atom stereocenters. The van der Waals surface area contributed by atoms with Gasteiger partial charge in [0.15, 0.2) is 0 Å². The molecule has 0 saturated carbocycles. The molecule has 1 heterocycles. The van der Waals surface area contributed by atoms with Crippen LogP contribution in [-0.2, 0) is 5.41 Å². The summed E-state index contributed by atoms with van der Waals surface area (Å²) >= 11 is 6.52. The third-order valence-electron chi connectivity index (χ3n) is 6.91. The second kappa shape index (κ2) is 8.94. The Hall–Kier alpha value is -4.07. The Morgan fingerprint density at radius 2 is 1.06 bits per heavy atom. The standard InChI is InChI=1S/C33H24ClN/c34-31-17-9-7-15-28(31)24-19-21-27(22-20-24)33(25-11-3-1-4-12-25,26-13-5-2-6-14-26)30-23-35-32-18-10-8-16-29(30)32/h1-23,35H. The molecule has 1 nitrogen and oxygen atoms in total. The molecule has 0 saturated heterocycles. The number of benzene rings is 5. The fourth-order valence-electron chi connectivity index (χ4n) is 5.32. The quantitative estimate of drug-likeness (QED) is 0.242. The van der Waals surface area contributed by atoms with E-state index in [-0.39, 0.29) is 0 Å². The van der Waals surface area contributed by atoms with Gasteiger partial charge >= 0.3 is 0 Å². The van der Waals surface area contributed by atoms with E-state index in [2.05, 4.69) is 126 Å². The first-order valence-electron chi connectivity index (χ1n) is 11.8. The van der Waals surface area contributed by atoms with Crippen LogP contribution in [0.5, 0.6) is 0 Å². The van der Waals surface area contributed by atoms with E-state index in [1.54, 1.807) is 0 Å². The zero-order valence-corrected chi connectivity index (χ0v) is 19.9. The number of hydrogen-bond donors (Lipinski definition) is 1. The van der Waals surface area contributed by atoms with Gasteiger partial charge in [-0.3, -0.25) is 0 Å². The van der Waals surface area contributed by atoms with Crippen LogP contribution in [0.2, 0.25) is 5.02 Å². The molecule has 35 heavy (non-hydrogen) atoms. The van der Waals surface area contributed by atoms with Crippen LogP contribution in [0.1, 0.15) is 22.3 Å². The van der Waals surface area contributed by atoms with Crippen molar-refractivity contribution in [1.82, 2.24) is 4.98 Å². The summed E-state index contributed by atoms with van der Waals surface area (Å²) in [6, 6.07) is 47.0. The Bertz CT molecular complexity index is 1540. The SMILES string of the molecule is Clc1ccccc1-c1ccc(C(c2ccccc2)(c2ccccc2)c2c[nH]c3ccccc23)cc1. The highest BCUT2D eigenvalue weighted by atomic mass is 35.5. The number of hydrogen-bond acceptors (Lipinski definition) is 0. The van der Waals surface area contributed by atoms with Gasteiger partial charge in [-0.1, -0.05) is 133 Å². The van der Waals surface area contributed by atoms with Crippen molar-refractivity contribution in [1.29, 1.82) is 0 Å². The molecule has 0 fully saturated rings. The van der Waals surface area contributed by atoms with E-state index in [9.17, 15) is 0 Å². The molecular weight excluding hydrogens is 446 g/mol. The van der Waals surface area contributed by atoms with E-state index in [1.807, 2.05) is 18.2 Å². The fourth-order valence-corrected chi connectivity index (χ4v) is 5.56. The highest BCUT2D eigenvalue weighted by molar-refractivity contribution is 6.33. The average molecular weight is 470 g/mol. The maximum Gasteiger partial charge on any atom is 0.0722 e. The van der Waals surface area contributed by atoms with Crippen molar-refractivity contribution in [2.45, 2.75) is 5.41 Å². The van der Waals surface area contributed by atoms with Gasteiger partial charge in [0.05, 0.1) is 5.41 Å². The number of rotatable bonds is 5. The lowest BCUT2D eigenvalue weighted by molar-refractivity contribution is 0.752. The molecule has 0 aliphatic heterocycles. The van der Waals surface area contributed by atoms with Gasteiger partial charge in [-0.2, -0.15) is 0 Å². The van der Waals surface area contributed by atoms with Crippen molar-refractivity contribution in [3.8, 4) is 11.1 Å². The molecule has 168 valence electrons. The summed E-state index contributed by atoms with van der Waals surface area (Å²) in [7, 11) is 0. The van der Waals surface area contributed by atoms with Crippen molar-refractivity contribution in [2.75, 3.05) is 0 Å². The lowest BCUT2D eigenvalue weighted by Crippen LogP contribution is -2.30. The van der Waals surface area contributed by atoms with Gasteiger partial charge in [0.1, 0.15) is 0 Å². The van der Waals surface area contributed by atoms with Crippen LogP contribution in [0.3, 0.4) is 0 Å². The molecule has 6 aromatic rings. The third-order valence-corrected chi connectivity index (χ3v) is 7.24. The Balaban J connectivity index is 1.67. The van der Waals surface area contributed by atoms with Gasteiger partial charge in [0.2, 0.25) is 0 Å². The first-order chi connectivity index (χ1) is 17.3. The molecule has 0 unspecified atom stereocenters. The molecule has 0 bridgehead atoms. The fraction of sp³-hybridized carbons (Fsp3) is 0.0303. The summed E-state index contributed by atoms with van der Waals surface area (Å²) in [5.41, 5.74) is 7.66. The number of fused-ring (bicyclic) bond motifs is 1. The molecule has 6 rings (SSSR count). The maximum absolute atomic E-state index is 6.52. The van der Waals surface area contributed by atoms with Gasteiger partial charge in [-0.25, -0.2) is 0 Å². The molecule has 0 aliphatic carbocycles. The number of nitrogens with one attached hydrogen (secondary N) is 1. The van der Waals surface area contributed by atoms with Crippen LogP contribution in [-0.4, -0.2) is 4.98 Å². The minimum Gasteiger partial charge on any atom is -0.361 e. The minimum absolute atomic E-state index is 0.499. The molecule has 2 heteroatoms. The van der Waals surface area contributed by atoms with Gasteiger partial charge < -0.3 is 4.98 Å². The van der Waals surface area contributed by atoms with Gasteiger partial charge in [0, 0.05) is 27.7 Å². The van der Waals surface area contributed by atoms with Crippen molar-refractivity contribution in [2.24, 2.45) is 0 Å². The molecule has 0 spiro atoms. The molecule has 0 amide bonds. The summed E-state index contributed by atoms with van der Waals surface area (Å²) in [6.07, 6.45) is 2.17. The summed E-state index contributed by atoms with van der Waals surface area (Å²) in [5.74, 6) is 0. The minimum atomic E-state index is -0.499. The van der Waals surface area contributed by atoms with Crippen LogP contribution in [0, 0.1) is 0 Å². The lowest BCUT2D eigenvalue weighted by atomic mass is 9.65. The zero-order valence-electron chi connectivity index (χ0n) is 19.2.